The number of amides is 1. The summed E-state index contributed by atoms with van der Waals surface area (Å²) in [6.45, 7) is 4.71. The van der Waals surface area contributed by atoms with E-state index in [1.54, 1.807) is 6.08 Å². The largest absolute Gasteiger partial charge is 0.349 e. The minimum atomic E-state index is 0.0446. The smallest absolute Gasteiger partial charge is 0.243 e. The number of carbonyl (C=O) groups excluding carboxylic acids is 2. The predicted octanol–water partition coefficient (Wildman–Crippen LogP) is 5.44. The number of hydrogen-bond donors (Lipinski definition) is 1. The molecular weight excluding hydrogens is 382 g/mol. The number of halogens is 1. The summed E-state index contributed by atoms with van der Waals surface area (Å²) in [5.41, 5.74) is 0.794. The summed E-state index contributed by atoms with van der Waals surface area (Å²) < 4.78 is 0. The molecule has 4 heteroatoms. The highest BCUT2D eigenvalue weighted by atomic mass is 35.5. The van der Waals surface area contributed by atoms with E-state index in [1.165, 1.54) is 0 Å². The van der Waals surface area contributed by atoms with Crippen LogP contribution in [0.15, 0.2) is 36.4 Å². The first kappa shape index (κ1) is 19.4. The lowest BCUT2D eigenvalue weighted by molar-refractivity contribution is -0.122. The molecule has 1 aromatic carbocycles. The van der Waals surface area contributed by atoms with Gasteiger partial charge in [-0.15, -0.1) is 0 Å². The minimum absolute atomic E-state index is 0.0446. The van der Waals surface area contributed by atoms with Gasteiger partial charge < -0.3 is 5.32 Å². The van der Waals surface area contributed by atoms with Crippen LogP contribution in [0.4, 0.5) is 0 Å². The SMILES string of the molecule is C[C@]12C=CC(=O)NC1CC[C@@H]1[C@H]2CC[C@]2(C)C(C(=O)c3ccccc3Cl)CC[C@@H]12. The summed E-state index contributed by atoms with van der Waals surface area (Å²) in [7, 11) is 0. The second kappa shape index (κ2) is 6.70. The van der Waals surface area contributed by atoms with Crippen molar-refractivity contribution in [2.45, 2.75) is 58.4 Å². The molecule has 0 bridgehead atoms. The third-order valence-corrected chi connectivity index (χ3v) is 9.47. The molecule has 3 saturated carbocycles. The Morgan fingerprint density at radius 2 is 1.86 bits per heavy atom. The molecule has 3 fully saturated rings. The van der Waals surface area contributed by atoms with Crippen molar-refractivity contribution in [1.82, 2.24) is 5.32 Å². The van der Waals surface area contributed by atoms with E-state index in [4.69, 9.17) is 11.6 Å². The molecule has 1 aromatic rings. The molecule has 3 nitrogen and oxygen atoms in total. The molecule has 1 amide bonds. The third-order valence-electron chi connectivity index (χ3n) is 9.14. The summed E-state index contributed by atoms with van der Waals surface area (Å²) in [6.07, 6.45) is 10.5. The lowest BCUT2D eigenvalue weighted by Gasteiger charge is -2.58. The molecule has 0 saturated heterocycles. The number of hydrogen-bond acceptors (Lipinski definition) is 2. The fourth-order valence-corrected chi connectivity index (χ4v) is 7.84. The second-order valence-corrected chi connectivity index (χ2v) is 10.6. The maximum atomic E-state index is 13.5. The topological polar surface area (TPSA) is 46.2 Å². The Hall–Kier alpha value is -1.61. The van der Waals surface area contributed by atoms with E-state index in [0.717, 1.165) is 38.5 Å². The van der Waals surface area contributed by atoms with E-state index >= 15 is 0 Å². The van der Waals surface area contributed by atoms with Gasteiger partial charge in [0, 0.05) is 22.9 Å². The quantitative estimate of drug-likeness (QED) is 0.659. The fourth-order valence-electron chi connectivity index (χ4n) is 7.61. The zero-order chi connectivity index (χ0) is 20.4. The van der Waals surface area contributed by atoms with Crippen molar-refractivity contribution < 1.29 is 9.59 Å². The van der Waals surface area contributed by atoms with Crippen LogP contribution in [0.25, 0.3) is 0 Å². The van der Waals surface area contributed by atoms with Crippen LogP contribution < -0.4 is 5.32 Å². The van der Waals surface area contributed by atoms with Gasteiger partial charge in [-0.05, 0) is 79.9 Å². The van der Waals surface area contributed by atoms with E-state index in [-0.39, 0.29) is 34.5 Å². The Morgan fingerprint density at radius 1 is 1.07 bits per heavy atom. The first-order valence-corrected chi connectivity index (χ1v) is 11.5. The van der Waals surface area contributed by atoms with E-state index in [0.29, 0.717) is 28.3 Å². The van der Waals surface area contributed by atoms with Gasteiger partial charge in [0.2, 0.25) is 5.91 Å². The van der Waals surface area contributed by atoms with Gasteiger partial charge in [0.1, 0.15) is 0 Å². The summed E-state index contributed by atoms with van der Waals surface area (Å²) in [4.78, 5) is 25.4. The van der Waals surface area contributed by atoms with Crippen molar-refractivity contribution in [1.29, 1.82) is 0 Å². The normalized spacial score (nSPS) is 43.1. The molecule has 1 aliphatic heterocycles. The Kier molecular flexibility index (Phi) is 4.47. The van der Waals surface area contributed by atoms with Gasteiger partial charge in [-0.2, -0.15) is 0 Å². The molecule has 4 aliphatic rings. The Balaban J connectivity index is 1.44. The summed E-state index contributed by atoms with van der Waals surface area (Å²) >= 11 is 6.37. The zero-order valence-corrected chi connectivity index (χ0v) is 18.0. The van der Waals surface area contributed by atoms with Gasteiger partial charge in [0.05, 0.1) is 5.02 Å². The first-order chi connectivity index (χ1) is 13.8. The van der Waals surface area contributed by atoms with Crippen LogP contribution in [0, 0.1) is 34.5 Å². The van der Waals surface area contributed by atoms with Crippen molar-refractivity contribution in [3.05, 3.63) is 47.0 Å². The number of rotatable bonds is 2. The maximum absolute atomic E-state index is 13.5. The Labute approximate surface area is 178 Å². The number of carbonyl (C=O) groups is 2. The van der Waals surface area contributed by atoms with Gasteiger partial charge >= 0.3 is 0 Å². The molecule has 0 radical (unpaired) electrons. The Bertz CT molecular complexity index is 895. The van der Waals surface area contributed by atoms with Crippen molar-refractivity contribution in [3.8, 4) is 0 Å². The maximum Gasteiger partial charge on any atom is 0.243 e. The van der Waals surface area contributed by atoms with Crippen molar-refractivity contribution in [3.63, 3.8) is 0 Å². The molecule has 1 heterocycles. The zero-order valence-electron chi connectivity index (χ0n) is 17.3. The van der Waals surface area contributed by atoms with Crippen LogP contribution in [0.1, 0.15) is 62.7 Å². The predicted molar refractivity (Wildman–Crippen MR) is 115 cm³/mol. The number of ketones is 1. The molecule has 0 aromatic heterocycles. The molecule has 29 heavy (non-hydrogen) atoms. The van der Waals surface area contributed by atoms with Crippen molar-refractivity contribution in [2.24, 2.45) is 34.5 Å². The monoisotopic (exact) mass is 411 g/mol. The molecule has 7 atom stereocenters. The number of Topliss-reactive ketones (excluding diaryl/α,β-unsaturated/α-hetero) is 1. The molecule has 2 unspecified atom stereocenters. The molecule has 0 spiro atoms. The van der Waals surface area contributed by atoms with Gasteiger partial charge in [0.25, 0.3) is 0 Å². The minimum Gasteiger partial charge on any atom is -0.349 e. The molecule has 1 N–H and O–H groups in total. The van der Waals surface area contributed by atoms with Gasteiger partial charge in [-0.3, -0.25) is 9.59 Å². The van der Waals surface area contributed by atoms with E-state index < -0.39 is 0 Å². The average Bonchev–Trinajstić information content (AvgIpc) is 3.05. The van der Waals surface area contributed by atoms with E-state index in [2.05, 4.69) is 25.2 Å². The number of benzene rings is 1. The molecule has 3 aliphatic carbocycles. The molecule has 154 valence electrons. The van der Waals surface area contributed by atoms with Gasteiger partial charge in [-0.1, -0.05) is 43.7 Å². The standard InChI is InChI=1S/C25H30ClNO2/c1-24-13-11-18-15(7-10-21-25(18,2)14-12-22(28)27-21)17(24)8-9-19(24)23(29)16-5-3-4-6-20(16)26/h3-6,12,14-15,17-19,21H,7-11,13H2,1-2H3,(H,27,28)/t15-,17-,18+,19?,21?,24-,25+/m0/s1. The highest BCUT2D eigenvalue weighted by Crippen LogP contribution is 2.65. The summed E-state index contributed by atoms with van der Waals surface area (Å²) in [5.74, 6) is 2.17. The summed E-state index contributed by atoms with van der Waals surface area (Å²) in [6, 6.07) is 7.77. The van der Waals surface area contributed by atoms with Gasteiger partial charge in [0.15, 0.2) is 5.78 Å². The average molecular weight is 412 g/mol. The lowest BCUT2D eigenvalue weighted by Crippen LogP contribution is -2.59. The van der Waals surface area contributed by atoms with Crippen LogP contribution in [0.5, 0.6) is 0 Å². The molecule has 5 rings (SSSR count). The third kappa shape index (κ3) is 2.76. The van der Waals surface area contributed by atoms with Crippen LogP contribution in [0.3, 0.4) is 0 Å². The highest BCUT2D eigenvalue weighted by Gasteiger charge is 2.60. The Morgan fingerprint density at radius 3 is 2.66 bits per heavy atom. The van der Waals surface area contributed by atoms with Crippen molar-refractivity contribution in [2.75, 3.05) is 0 Å². The van der Waals surface area contributed by atoms with Crippen molar-refractivity contribution >= 4 is 23.3 Å². The summed E-state index contributed by atoms with van der Waals surface area (Å²) in [5, 5.41) is 3.80. The van der Waals surface area contributed by atoms with Crippen LogP contribution in [0.2, 0.25) is 5.02 Å². The first-order valence-electron chi connectivity index (χ1n) is 11.1. The second-order valence-electron chi connectivity index (χ2n) is 10.2. The van der Waals surface area contributed by atoms with Crippen LogP contribution in [-0.4, -0.2) is 17.7 Å². The highest BCUT2D eigenvalue weighted by molar-refractivity contribution is 6.34. The molecular formula is C25H30ClNO2. The van der Waals surface area contributed by atoms with Crippen LogP contribution >= 0.6 is 11.6 Å². The number of fused-ring (bicyclic) bond motifs is 5. The van der Waals surface area contributed by atoms with Crippen LogP contribution in [-0.2, 0) is 4.79 Å². The lowest BCUT2D eigenvalue weighted by atomic mass is 9.47. The van der Waals surface area contributed by atoms with E-state index in [9.17, 15) is 9.59 Å². The number of nitrogens with one attached hydrogen (secondary N) is 1. The fraction of sp³-hybridized carbons (Fsp3) is 0.600. The van der Waals surface area contributed by atoms with Gasteiger partial charge in [-0.25, -0.2) is 0 Å². The van der Waals surface area contributed by atoms with E-state index in [1.807, 2.05) is 24.3 Å².